The van der Waals surface area contributed by atoms with Crippen molar-refractivity contribution in [3.05, 3.63) is 140 Å². The highest BCUT2D eigenvalue weighted by atomic mass is 79.9. The highest BCUT2D eigenvalue weighted by Crippen LogP contribution is 2.53. The van der Waals surface area contributed by atoms with E-state index < -0.39 is 5.85 Å². The Bertz CT molecular complexity index is 1980. The van der Waals surface area contributed by atoms with Crippen molar-refractivity contribution in [2.45, 2.75) is 18.3 Å². The molecule has 4 heterocycles. The number of hydrogen-bond donors (Lipinski definition) is 1. The second kappa shape index (κ2) is 10.7. The third kappa shape index (κ3) is 4.63. The van der Waals surface area contributed by atoms with Crippen LogP contribution in [0.4, 0.5) is 4.79 Å². The lowest BCUT2D eigenvalue weighted by Gasteiger charge is -2.45. The summed E-state index contributed by atoms with van der Waals surface area (Å²) >= 11 is 11.0. The summed E-state index contributed by atoms with van der Waals surface area (Å²) in [6.07, 6.45) is 4.61. The molecule has 1 N–H and O–H groups in total. The minimum atomic E-state index is -1.34. The van der Waals surface area contributed by atoms with Crippen molar-refractivity contribution in [2.75, 3.05) is 0 Å². The summed E-state index contributed by atoms with van der Waals surface area (Å²) in [6.45, 7) is 0. The molecule has 216 valence electrons. The number of hydrazone groups is 1. The number of carbonyl (C=O) groups excluding carboxylic acids is 1. The van der Waals surface area contributed by atoms with Crippen molar-refractivity contribution in [2.24, 2.45) is 5.10 Å². The maximum atomic E-state index is 13.3. The molecule has 3 aliphatic rings. The predicted molar refractivity (Wildman–Crippen MR) is 178 cm³/mol. The maximum Gasteiger partial charge on any atom is 0.314 e. The molecule has 8 rings (SSSR count). The van der Waals surface area contributed by atoms with Crippen LogP contribution in [0, 0.1) is 0 Å². The number of para-hydroxylation sites is 1. The Morgan fingerprint density at radius 1 is 0.977 bits per heavy atom. The Hall–Kier alpha value is -4.31. The lowest BCUT2D eigenvalue weighted by Crippen LogP contribution is -2.61. The fourth-order valence-corrected chi connectivity index (χ4v) is 7.28. The quantitative estimate of drug-likeness (QED) is 0.206. The van der Waals surface area contributed by atoms with Crippen LogP contribution in [-0.2, 0) is 0 Å². The third-order valence-electron chi connectivity index (χ3n) is 7.90. The Labute approximate surface area is 271 Å². The lowest BCUT2D eigenvalue weighted by molar-refractivity contribution is -0.0949. The van der Waals surface area contributed by atoms with Gasteiger partial charge in [0.15, 0.2) is 0 Å². The highest BCUT2D eigenvalue weighted by Gasteiger charge is 2.58. The van der Waals surface area contributed by atoms with E-state index in [0.717, 1.165) is 55.6 Å². The Kier molecular flexibility index (Phi) is 6.62. The van der Waals surface area contributed by atoms with Gasteiger partial charge in [-0.2, -0.15) is 10.2 Å². The molecule has 5 aromatic rings. The molecule has 44 heavy (non-hydrogen) atoms. The van der Waals surface area contributed by atoms with Crippen LogP contribution in [-0.4, -0.2) is 31.6 Å². The van der Waals surface area contributed by atoms with Gasteiger partial charge in [-0.15, -0.1) is 0 Å². The van der Waals surface area contributed by atoms with Gasteiger partial charge in [-0.25, -0.2) is 9.69 Å². The third-order valence-corrected chi connectivity index (χ3v) is 9.55. The van der Waals surface area contributed by atoms with Crippen LogP contribution in [0.5, 0.6) is 5.75 Å². The SMILES string of the molecule is O=C1NC2(Oc3ccc(Br)cc3C3CC(c4ccccc4)=NN32)C(=Cc2cn(-c3ccccc3)nc2-c2ccc(Cl)cc2)S1. The fourth-order valence-electron chi connectivity index (χ4n) is 5.87. The molecule has 1 aromatic heterocycles. The van der Waals surface area contributed by atoms with Gasteiger partial charge in [0.2, 0.25) is 0 Å². The van der Waals surface area contributed by atoms with Crippen LogP contribution in [0.2, 0.25) is 5.02 Å². The number of halogens is 2. The van der Waals surface area contributed by atoms with Gasteiger partial charge in [0.05, 0.1) is 28.0 Å². The molecule has 2 unspecified atom stereocenters. The van der Waals surface area contributed by atoms with E-state index in [2.05, 4.69) is 39.4 Å². The topological polar surface area (TPSA) is 71.8 Å². The molecule has 0 bridgehead atoms. The van der Waals surface area contributed by atoms with E-state index >= 15 is 0 Å². The normalized spacial score (nSPS) is 21.2. The van der Waals surface area contributed by atoms with Gasteiger partial charge in [-0.05, 0) is 65.9 Å². The van der Waals surface area contributed by atoms with Crippen LogP contribution >= 0.6 is 39.3 Å². The van der Waals surface area contributed by atoms with E-state index in [4.69, 9.17) is 26.5 Å². The lowest BCUT2D eigenvalue weighted by atomic mass is 9.95. The molecule has 2 atom stereocenters. The zero-order chi connectivity index (χ0) is 29.8. The first kappa shape index (κ1) is 27.3. The minimum Gasteiger partial charge on any atom is -0.444 e. The molecular formula is C34H23BrClN5O2S. The summed E-state index contributed by atoms with van der Waals surface area (Å²) in [4.78, 5) is 13.9. The number of hydrogen-bond acceptors (Lipinski definition) is 6. The largest absolute Gasteiger partial charge is 0.444 e. The minimum absolute atomic E-state index is 0.156. The number of rotatable bonds is 4. The van der Waals surface area contributed by atoms with Crippen molar-refractivity contribution in [3.63, 3.8) is 0 Å². The van der Waals surface area contributed by atoms with E-state index in [-0.39, 0.29) is 11.3 Å². The number of aromatic nitrogens is 2. The van der Waals surface area contributed by atoms with Crippen molar-refractivity contribution >= 4 is 56.3 Å². The number of nitrogens with zero attached hydrogens (tertiary/aromatic N) is 4. The average molecular weight is 681 g/mol. The highest BCUT2D eigenvalue weighted by molar-refractivity contribution is 9.10. The van der Waals surface area contributed by atoms with E-state index in [9.17, 15) is 4.79 Å². The molecule has 4 aromatic carbocycles. The molecule has 0 radical (unpaired) electrons. The van der Waals surface area contributed by atoms with Gasteiger partial charge >= 0.3 is 5.85 Å². The van der Waals surface area contributed by atoms with Gasteiger partial charge in [0.1, 0.15) is 5.75 Å². The molecule has 1 amide bonds. The summed E-state index contributed by atoms with van der Waals surface area (Å²) in [5.41, 5.74) is 6.35. The van der Waals surface area contributed by atoms with Crippen molar-refractivity contribution in [1.29, 1.82) is 0 Å². The van der Waals surface area contributed by atoms with Gasteiger partial charge in [0, 0.05) is 38.8 Å². The maximum absolute atomic E-state index is 13.3. The summed E-state index contributed by atoms with van der Waals surface area (Å²) in [7, 11) is 0. The molecular weight excluding hydrogens is 658 g/mol. The molecule has 10 heteroatoms. The molecule has 1 spiro atoms. The van der Waals surface area contributed by atoms with Crippen molar-refractivity contribution in [1.82, 2.24) is 20.1 Å². The number of carbonyl (C=O) groups is 1. The molecule has 3 aliphatic heterocycles. The van der Waals surface area contributed by atoms with Gasteiger partial charge in [-0.1, -0.05) is 88.2 Å². The zero-order valence-corrected chi connectivity index (χ0v) is 26.2. The van der Waals surface area contributed by atoms with E-state index in [1.54, 1.807) is 0 Å². The van der Waals surface area contributed by atoms with Crippen LogP contribution < -0.4 is 10.1 Å². The van der Waals surface area contributed by atoms with Crippen LogP contribution in [0.15, 0.2) is 124 Å². The molecule has 7 nitrogen and oxygen atoms in total. The number of nitrogens with one attached hydrogen (secondary N) is 1. The summed E-state index contributed by atoms with van der Waals surface area (Å²) in [5, 5.41) is 15.6. The summed E-state index contributed by atoms with van der Waals surface area (Å²) in [5.74, 6) is -0.638. The number of benzene rings is 4. The standard InChI is InChI=1S/C34H23BrClN5O2S/c35-24-13-16-30-27(18-24)29-19-28(21-7-3-1-4-8-21)38-41(29)34(43-30)31(44-33(42)37-34)17-23-20-40(26-9-5-2-6-10-26)39-32(23)22-11-14-25(36)15-12-22/h1-18,20,29H,19H2,(H,37,42). The molecule has 1 fully saturated rings. The number of ether oxygens (including phenoxy) is 1. The first-order chi connectivity index (χ1) is 21.5. The smallest absolute Gasteiger partial charge is 0.314 e. The van der Waals surface area contributed by atoms with E-state index in [1.165, 1.54) is 0 Å². The van der Waals surface area contributed by atoms with E-state index in [1.807, 2.05) is 107 Å². The average Bonchev–Trinajstić information content (AvgIpc) is 3.76. The van der Waals surface area contributed by atoms with Gasteiger partial charge in [0.25, 0.3) is 5.24 Å². The molecule has 0 aliphatic carbocycles. The van der Waals surface area contributed by atoms with Crippen molar-refractivity contribution < 1.29 is 9.53 Å². The second-order valence-corrected chi connectivity index (χ2v) is 13.0. The van der Waals surface area contributed by atoms with Crippen LogP contribution in [0.1, 0.15) is 29.2 Å². The van der Waals surface area contributed by atoms with Gasteiger partial charge < -0.3 is 4.74 Å². The molecule has 0 saturated carbocycles. The number of amides is 1. The Morgan fingerprint density at radius 3 is 2.50 bits per heavy atom. The Morgan fingerprint density at radius 2 is 1.73 bits per heavy atom. The predicted octanol–water partition coefficient (Wildman–Crippen LogP) is 8.65. The fraction of sp³-hybridized carbons (Fsp3) is 0.0882. The first-order valence-corrected chi connectivity index (χ1v) is 16.0. The Balaban J connectivity index is 1.30. The first-order valence-electron chi connectivity index (χ1n) is 14.0. The second-order valence-electron chi connectivity index (χ2n) is 10.6. The van der Waals surface area contributed by atoms with E-state index in [0.29, 0.717) is 22.1 Å². The van der Waals surface area contributed by atoms with Crippen LogP contribution in [0.25, 0.3) is 23.0 Å². The zero-order valence-electron chi connectivity index (χ0n) is 23.0. The number of thioether (sulfide) groups is 1. The van der Waals surface area contributed by atoms with Gasteiger partial charge in [-0.3, -0.25) is 10.1 Å². The summed E-state index contributed by atoms with van der Waals surface area (Å²) < 4.78 is 9.57. The summed E-state index contributed by atoms with van der Waals surface area (Å²) in [6, 6.07) is 33.4. The monoisotopic (exact) mass is 679 g/mol. The number of fused-ring (bicyclic) bond motifs is 4. The molecule has 1 saturated heterocycles. The van der Waals surface area contributed by atoms with Crippen LogP contribution in [0.3, 0.4) is 0 Å². The van der Waals surface area contributed by atoms with Crippen molar-refractivity contribution in [3.8, 4) is 22.7 Å².